The third kappa shape index (κ3) is 9.18. The van der Waals surface area contributed by atoms with E-state index >= 15 is 0 Å². The lowest BCUT2D eigenvalue weighted by atomic mass is 10.0. The van der Waals surface area contributed by atoms with Gasteiger partial charge in [0, 0.05) is 12.8 Å². The van der Waals surface area contributed by atoms with Crippen molar-refractivity contribution in [2.24, 2.45) is 11.7 Å². The van der Waals surface area contributed by atoms with Crippen LogP contribution < -0.4 is 11.1 Å². The standard InChI is InChI=1S/C13H24N2O4/c1-9(2)12(14)13(19)15-10(16)7-5-3-4-6-8-11(17)18/h9,12H,3-8,14H2,1-2H3,(H,17,18)(H,15,16,19)/t12-/m0/s1. The van der Waals surface area contributed by atoms with Gasteiger partial charge in [-0.3, -0.25) is 19.7 Å². The molecule has 0 aliphatic carbocycles. The van der Waals surface area contributed by atoms with Crippen molar-refractivity contribution in [3.63, 3.8) is 0 Å². The van der Waals surface area contributed by atoms with Crippen molar-refractivity contribution < 1.29 is 19.5 Å². The van der Waals surface area contributed by atoms with Crippen LogP contribution in [-0.2, 0) is 14.4 Å². The number of carboxylic acids is 1. The molecular formula is C13H24N2O4. The minimum Gasteiger partial charge on any atom is -0.481 e. The van der Waals surface area contributed by atoms with E-state index < -0.39 is 17.9 Å². The summed E-state index contributed by atoms with van der Waals surface area (Å²) in [6.45, 7) is 3.63. The Balaban J connectivity index is 3.65. The molecule has 0 aromatic carbocycles. The van der Waals surface area contributed by atoms with Crippen LogP contribution in [0.15, 0.2) is 0 Å². The second-order valence-corrected chi connectivity index (χ2v) is 4.99. The fourth-order valence-corrected chi connectivity index (χ4v) is 1.50. The number of carbonyl (C=O) groups excluding carboxylic acids is 2. The molecule has 0 aromatic rings. The molecule has 0 saturated carbocycles. The van der Waals surface area contributed by atoms with E-state index in [1.165, 1.54) is 0 Å². The van der Waals surface area contributed by atoms with E-state index in [4.69, 9.17) is 10.8 Å². The van der Waals surface area contributed by atoms with Crippen molar-refractivity contribution in [2.75, 3.05) is 0 Å². The molecule has 19 heavy (non-hydrogen) atoms. The second-order valence-electron chi connectivity index (χ2n) is 4.99. The van der Waals surface area contributed by atoms with Gasteiger partial charge in [0.25, 0.3) is 0 Å². The molecule has 0 aliphatic heterocycles. The molecule has 0 rings (SSSR count). The molecule has 0 aromatic heterocycles. The molecule has 0 radical (unpaired) electrons. The van der Waals surface area contributed by atoms with E-state index in [9.17, 15) is 14.4 Å². The van der Waals surface area contributed by atoms with Gasteiger partial charge in [-0.25, -0.2) is 0 Å². The number of imide groups is 1. The summed E-state index contributed by atoms with van der Waals surface area (Å²) in [4.78, 5) is 33.2. The Morgan fingerprint density at radius 1 is 1.05 bits per heavy atom. The number of hydrogen-bond acceptors (Lipinski definition) is 4. The maximum absolute atomic E-state index is 11.5. The first-order valence-corrected chi connectivity index (χ1v) is 6.65. The van der Waals surface area contributed by atoms with Crippen LogP contribution in [0.1, 0.15) is 52.4 Å². The minimum absolute atomic E-state index is 0.0104. The largest absolute Gasteiger partial charge is 0.481 e. The quantitative estimate of drug-likeness (QED) is 0.543. The molecule has 2 amide bonds. The van der Waals surface area contributed by atoms with Crippen molar-refractivity contribution in [3.8, 4) is 0 Å². The lowest BCUT2D eigenvalue weighted by Gasteiger charge is -2.14. The third-order valence-electron chi connectivity index (χ3n) is 2.83. The molecule has 1 atom stereocenters. The number of unbranched alkanes of at least 4 members (excludes halogenated alkanes) is 3. The monoisotopic (exact) mass is 272 g/mol. The maximum atomic E-state index is 11.5. The molecule has 0 heterocycles. The molecular weight excluding hydrogens is 248 g/mol. The molecule has 0 saturated heterocycles. The smallest absolute Gasteiger partial charge is 0.303 e. The van der Waals surface area contributed by atoms with Crippen molar-refractivity contribution in [1.29, 1.82) is 0 Å². The van der Waals surface area contributed by atoms with Crippen molar-refractivity contribution in [3.05, 3.63) is 0 Å². The van der Waals surface area contributed by atoms with Gasteiger partial charge in [0.1, 0.15) is 0 Å². The van der Waals surface area contributed by atoms with Crippen LogP contribution in [0.5, 0.6) is 0 Å². The first-order chi connectivity index (χ1) is 8.84. The fraction of sp³-hybridized carbons (Fsp3) is 0.769. The van der Waals surface area contributed by atoms with Gasteiger partial charge in [-0.1, -0.05) is 26.7 Å². The number of aliphatic carboxylic acids is 1. The lowest BCUT2D eigenvalue weighted by molar-refractivity contribution is -0.137. The van der Waals surface area contributed by atoms with Crippen LogP contribution in [0.4, 0.5) is 0 Å². The molecule has 6 nitrogen and oxygen atoms in total. The molecule has 110 valence electrons. The molecule has 0 fully saturated rings. The van der Waals surface area contributed by atoms with Gasteiger partial charge >= 0.3 is 5.97 Å². The highest BCUT2D eigenvalue weighted by atomic mass is 16.4. The highest BCUT2D eigenvalue weighted by molar-refractivity contribution is 5.97. The van der Waals surface area contributed by atoms with Gasteiger partial charge in [0.2, 0.25) is 11.8 Å². The van der Waals surface area contributed by atoms with E-state index in [0.29, 0.717) is 12.8 Å². The van der Waals surface area contributed by atoms with Gasteiger partial charge < -0.3 is 10.8 Å². The van der Waals surface area contributed by atoms with Crippen molar-refractivity contribution >= 4 is 17.8 Å². The molecule has 6 heteroatoms. The number of nitrogens with one attached hydrogen (secondary N) is 1. The van der Waals surface area contributed by atoms with Crippen LogP contribution >= 0.6 is 0 Å². The van der Waals surface area contributed by atoms with Gasteiger partial charge in [0.05, 0.1) is 6.04 Å². The summed E-state index contributed by atoms with van der Waals surface area (Å²) in [5.74, 6) is -1.57. The third-order valence-corrected chi connectivity index (χ3v) is 2.83. The average molecular weight is 272 g/mol. The van der Waals surface area contributed by atoms with Crippen LogP contribution in [0, 0.1) is 5.92 Å². The van der Waals surface area contributed by atoms with Crippen LogP contribution in [0.3, 0.4) is 0 Å². The summed E-state index contributed by atoms with van der Waals surface area (Å²) in [7, 11) is 0. The second kappa shape index (κ2) is 9.49. The number of amides is 2. The highest BCUT2D eigenvalue weighted by Crippen LogP contribution is 2.05. The van der Waals surface area contributed by atoms with E-state index in [1.54, 1.807) is 0 Å². The summed E-state index contributed by atoms with van der Waals surface area (Å²) in [6, 6.07) is -0.667. The molecule has 0 bridgehead atoms. The average Bonchev–Trinajstić information content (AvgIpc) is 2.31. The lowest BCUT2D eigenvalue weighted by Crippen LogP contribution is -2.46. The summed E-state index contributed by atoms with van der Waals surface area (Å²) in [5.41, 5.74) is 5.61. The molecule has 0 spiro atoms. The SMILES string of the molecule is CC(C)[C@H](N)C(=O)NC(=O)CCCCCCC(=O)O. The summed E-state index contributed by atoms with van der Waals surface area (Å²) in [5, 5.41) is 10.7. The van der Waals surface area contributed by atoms with Gasteiger partial charge in [-0.2, -0.15) is 0 Å². The normalized spacial score (nSPS) is 12.2. The van der Waals surface area contributed by atoms with Gasteiger partial charge in [0.15, 0.2) is 0 Å². The number of carboxylic acid groups (broad SMARTS) is 1. The molecule has 0 aliphatic rings. The van der Waals surface area contributed by atoms with E-state index in [0.717, 1.165) is 12.8 Å². The fourth-order valence-electron chi connectivity index (χ4n) is 1.50. The highest BCUT2D eigenvalue weighted by Gasteiger charge is 2.18. The Bertz CT molecular complexity index is 316. The molecule has 0 unspecified atom stereocenters. The summed E-state index contributed by atoms with van der Waals surface area (Å²) < 4.78 is 0. The van der Waals surface area contributed by atoms with Crippen molar-refractivity contribution in [2.45, 2.75) is 58.4 Å². The summed E-state index contributed by atoms with van der Waals surface area (Å²) in [6.07, 6.45) is 3.26. The Morgan fingerprint density at radius 3 is 2.05 bits per heavy atom. The topological polar surface area (TPSA) is 109 Å². The van der Waals surface area contributed by atoms with Crippen LogP contribution in [0.2, 0.25) is 0 Å². The number of nitrogens with two attached hydrogens (primary N) is 1. The predicted octanol–water partition coefficient (Wildman–Crippen LogP) is 1.04. The first-order valence-electron chi connectivity index (χ1n) is 6.65. The zero-order chi connectivity index (χ0) is 14.8. The van der Waals surface area contributed by atoms with Crippen LogP contribution in [0.25, 0.3) is 0 Å². The number of carbonyl (C=O) groups is 3. The van der Waals surface area contributed by atoms with Crippen LogP contribution in [-0.4, -0.2) is 28.9 Å². The Hall–Kier alpha value is -1.43. The molecule has 4 N–H and O–H groups in total. The minimum atomic E-state index is -0.800. The maximum Gasteiger partial charge on any atom is 0.303 e. The Morgan fingerprint density at radius 2 is 1.58 bits per heavy atom. The zero-order valence-corrected chi connectivity index (χ0v) is 11.6. The summed E-state index contributed by atoms with van der Waals surface area (Å²) >= 11 is 0. The van der Waals surface area contributed by atoms with Gasteiger partial charge in [-0.05, 0) is 18.8 Å². The first kappa shape index (κ1) is 17.6. The van der Waals surface area contributed by atoms with E-state index in [-0.39, 0.29) is 24.7 Å². The number of rotatable bonds is 9. The van der Waals surface area contributed by atoms with Crippen molar-refractivity contribution in [1.82, 2.24) is 5.32 Å². The predicted molar refractivity (Wildman–Crippen MR) is 71.3 cm³/mol. The van der Waals surface area contributed by atoms with Gasteiger partial charge in [-0.15, -0.1) is 0 Å². The van der Waals surface area contributed by atoms with E-state index in [2.05, 4.69) is 5.32 Å². The Kier molecular flexibility index (Phi) is 8.78. The Labute approximate surface area is 113 Å². The number of hydrogen-bond donors (Lipinski definition) is 3. The van der Waals surface area contributed by atoms with E-state index in [1.807, 2.05) is 13.8 Å². The zero-order valence-electron chi connectivity index (χ0n) is 11.6.